The number of methoxy groups -OCH3 is 1. The fourth-order valence-electron chi connectivity index (χ4n) is 3.77. The van der Waals surface area contributed by atoms with Crippen molar-refractivity contribution in [2.45, 2.75) is 12.2 Å². The zero-order valence-corrected chi connectivity index (χ0v) is 16.0. The number of aliphatic hydroxyl groups excluding tert-OH is 1. The van der Waals surface area contributed by atoms with E-state index in [1.807, 2.05) is 0 Å². The molecule has 1 aromatic heterocycles. The normalized spacial score (nSPS) is 17.9. The van der Waals surface area contributed by atoms with E-state index in [0.717, 1.165) is 0 Å². The number of rotatable bonds is 3. The van der Waals surface area contributed by atoms with Crippen molar-refractivity contribution in [1.29, 1.82) is 0 Å². The van der Waals surface area contributed by atoms with Gasteiger partial charge >= 0.3 is 0 Å². The van der Waals surface area contributed by atoms with Crippen LogP contribution in [0.1, 0.15) is 11.7 Å². The standard InChI is InChI=1S/C23H18O7/c1-27-18-10-12(6-7-14(18)25)22-19(11-24)29-17-9-8-16-20(23(17)30-22)21(26)13-4-2-3-5-15(13)28-16/h2-10,19,22,24-25H,11H2,1H3/t19-,22+/m1/s1. The van der Waals surface area contributed by atoms with Crippen LogP contribution in [0.25, 0.3) is 21.9 Å². The Balaban J connectivity index is 1.71. The van der Waals surface area contributed by atoms with Crippen molar-refractivity contribution < 1.29 is 28.8 Å². The third-order valence-electron chi connectivity index (χ3n) is 5.24. The van der Waals surface area contributed by atoms with Crippen molar-refractivity contribution in [2.24, 2.45) is 0 Å². The Kier molecular flexibility index (Phi) is 4.25. The van der Waals surface area contributed by atoms with Crippen LogP contribution in [0, 0.1) is 0 Å². The lowest BCUT2D eigenvalue weighted by Crippen LogP contribution is -2.36. The summed E-state index contributed by atoms with van der Waals surface area (Å²) < 4.78 is 23.3. The van der Waals surface area contributed by atoms with Gasteiger partial charge in [-0.3, -0.25) is 4.79 Å². The van der Waals surface area contributed by atoms with Crippen molar-refractivity contribution in [1.82, 2.24) is 0 Å². The Labute approximate surface area is 170 Å². The Bertz CT molecular complexity index is 1320. The molecule has 30 heavy (non-hydrogen) atoms. The van der Waals surface area contributed by atoms with E-state index in [9.17, 15) is 15.0 Å². The Hall–Kier alpha value is -3.71. The highest BCUT2D eigenvalue weighted by atomic mass is 16.6. The summed E-state index contributed by atoms with van der Waals surface area (Å²) in [5.74, 6) is 0.860. The fraction of sp³-hybridized carbons (Fsp3) is 0.174. The number of hydrogen-bond donors (Lipinski definition) is 2. The van der Waals surface area contributed by atoms with Crippen molar-refractivity contribution >= 4 is 21.9 Å². The molecular formula is C23H18O7. The van der Waals surface area contributed by atoms with E-state index >= 15 is 0 Å². The second-order valence-corrected chi connectivity index (χ2v) is 7.00. The van der Waals surface area contributed by atoms with E-state index in [-0.39, 0.29) is 34.7 Å². The van der Waals surface area contributed by atoms with Gasteiger partial charge in [0.25, 0.3) is 0 Å². The van der Waals surface area contributed by atoms with Crippen LogP contribution in [0.2, 0.25) is 0 Å². The van der Waals surface area contributed by atoms with Crippen LogP contribution >= 0.6 is 0 Å². The lowest BCUT2D eigenvalue weighted by Gasteiger charge is -2.33. The number of aliphatic hydroxyl groups is 1. The van der Waals surface area contributed by atoms with Crippen LogP contribution in [-0.4, -0.2) is 30.0 Å². The molecule has 0 amide bonds. The average molecular weight is 406 g/mol. The van der Waals surface area contributed by atoms with Gasteiger partial charge in [0.2, 0.25) is 5.43 Å². The van der Waals surface area contributed by atoms with Gasteiger partial charge < -0.3 is 28.8 Å². The van der Waals surface area contributed by atoms with Gasteiger partial charge in [0, 0.05) is 5.56 Å². The van der Waals surface area contributed by atoms with E-state index in [1.54, 1.807) is 48.5 Å². The molecule has 1 aliphatic rings. The summed E-state index contributed by atoms with van der Waals surface area (Å²) in [6.07, 6.45) is -1.44. The van der Waals surface area contributed by atoms with E-state index in [4.69, 9.17) is 18.6 Å². The van der Waals surface area contributed by atoms with Crippen LogP contribution < -0.4 is 19.6 Å². The molecule has 0 saturated heterocycles. The maximum atomic E-state index is 13.2. The first-order chi connectivity index (χ1) is 14.6. The molecule has 0 saturated carbocycles. The van der Waals surface area contributed by atoms with Crippen molar-refractivity contribution in [3.8, 4) is 23.0 Å². The minimum atomic E-state index is -0.728. The molecule has 2 N–H and O–H groups in total. The number of phenolic OH excluding ortho intramolecular Hbond substituents is 1. The van der Waals surface area contributed by atoms with Gasteiger partial charge in [0.1, 0.15) is 16.6 Å². The number of aromatic hydroxyl groups is 1. The lowest BCUT2D eigenvalue weighted by molar-refractivity contribution is -0.0112. The van der Waals surface area contributed by atoms with E-state index in [1.165, 1.54) is 13.2 Å². The zero-order chi connectivity index (χ0) is 20.8. The molecular weight excluding hydrogens is 388 g/mol. The molecule has 0 spiro atoms. The summed E-state index contributed by atoms with van der Waals surface area (Å²) >= 11 is 0. The van der Waals surface area contributed by atoms with Gasteiger partial charge in [0.15, 0.2) is 35.2 Å². The highest BCUT2D eigenvalue weighted by Gasteiger charge is 2.35. The van der Waals surface area contributed by atoms with Gasteiger partial charge in [-0.05, 0) is 36.4 Å². The second kappa shape index (κ2) is 6.96. The van der Waals surface area contributed by atoms with Crippen molar-refractivity contribution in [3.05, 3.63) is 70.4 Å². The van der Waals surface area contributed by atoms with Crippen LogP contribution in [0.5, 0.6) is 23.0 Å². The van der Waals surface area contributed by atoms with Crippen molar-refractivity contribution in [2.75, 3.05) is 13.7 Å². The number of ether oxygens (including phenoxy) is 3. The first-order valence-electron chi connectivity index (χ1n) is 9.40. The molecule has 5 rings (SSSR count). The molecule has 2 atom stereocenters. The monoisotopic (exact) mass is 406 g/mol. The highest BCUT2D eigenvalue weighted by Crippen LogP contribution is 2.44. The molecule has 0 aliphatic carbocycles. The molecule has 3 aromatic carbocycles. The van der Waals surface area contributed by atoms with E-state index in [0.29, 0.717) is 27.9 Å². The quantitative estimate of drug-likeness (QED) is 0.502. The van der Waals surface area contributed by atoms with Crippen LogP contribution in [-0.2, 0) is 0 Å². The first-order valence-corrected chi connectivity index (χ1v) is 9.40. The number of benzene rings is 3. The van der Waals surface area contributed by atoms with Crippen LogP contribution in [0.15, 0.2) is 63.8 Å². The Morgan fingerprint density at radius 3 is 2.67 bits per heavy atom. The number of para-hydroxylation sites is 1. The lowest BCUT2D eigenvalue weighted by atomic mass is 10.0. The molecule has 4 aromatic rings. The minimum absolute atomic E-state index is 0.0171. The predicted octanol–water partition coefficient (Wildman–Crippen LogP) is 3.53. The minimum Gasteiger partial charge on any atom is -0.504 e. The van der Waals surface area contributed by atoms with E-state index < -0.39 is 12.2 Å². The second-order valence-electron chi connectivity index (χ2n) is 7.00. The number of phenols is 1. The third kappa shape index (κ3) is 2.74. The van der Waals surface area contributed by atoms with Crippen molar-refractivity contribution in [3.63, 3.8) is 0 Å². The van der Waals surface area contributed by atoms with Gasteiger partial charge in [-0.15, -0.1) is 0 Å². The van der Waals surface area contributed by atoms with Gasteiger partial charge in [-0.25, -0.2) is 0 Å². The fourth-order valence-corrected chi connectivity index (χ4v) is 3.77. The summed E-state index contributed by atoms with van der Waals surface area (Å²) in [5, 5.41) is 20.5. The molecule has 1 aliphatic heterocycles. The average Bonchev–Trinajstić information content (AvgIpc) is 2.78. The smallest absolute Gasteiger partial charge is 0.204 e. The number of fused-ring (bicyclic) bond motifs is 4. The van der Waals surface area contributed by atoms with Crippen LogP contribution in [0.3, 0.4) is 0 Å². The SMILES string of the molecule is COc1cc([C@@H]2Oc3c(ccc4oc5ccccc5c(=O)c34)O[C@@H]2CO)ccc1O. The topological polar surface area (TPSA) is 98.4 Å². The summed E-state index contributed by atoms with van der Waals surface area (Å²) in [4.78, 5) is 13.2. The Morgan fingerprint density at radius 2 is 1.87 bits per heavy atom. The highest BCUT2D eigenvalue weighted by molar-refractivity contribution is 5.94. The van der Waals surface area contributed by atoms with E-state index in [2.05, 4.69) is 0 Å². The summed E-state index contributed by atoms with van der Waals surface area (Å²) in [6, 6.07) is 15.1. The summed E-state index contributed by atoms with van der Waals surface area (Å²) in [7, 11) is 1.44. The molecule has 0 unspecified atom stereocenters. The molecule has 152 valence electrons. The summed E-state index contributed by atoms with van der Waals surface area (Å²) in [6.45, 7) is -0.308. The predicted molar refractivity (Wildman–Crippen MR) is 110 cm³/mol. The molecule has 7 nitrogen and oxygen atoms in total. The third-order valence-corrected chi connectivity index (χ3v) is 5.24. The molecule has 2 heterocycles. The number of hydrogen-bond acceptors (Lipinski definition) is 7. The first kappa shape index (κ1) is 18.3. The summed E-state index contributed by atoms with van der Waals surface area (Å²) in [5.41, 5.74) is 1.26. The van der Waals surface area contributed by atoms with Gasteiger partial charge in [0.05, 0.1) is 19.1 Å². The van der Waals surface area contributed by atoms with Gasteiger partial charge in [-0.2, -0.15) is 0 Å². The molecule has 7 heteroatoms. The maximum Gasteiger partial charge on any atom is 0.204 e. The zero-order valence-electron chi connectivity index (χ0n) is 16.0. The maximum absolute atomic E-state index is 13.2. The molecule has 0 bridgehead atoms. The largest absolute Gasteiger partial charge is 0.504 e. The molecule has 0 radical (unpaired) electrons. The molecule has 0 fully saturated rings. The Morgan fingerprint density at radius 1 is 1.03 bits per heavy atom. The van der Waals surface area contributed by atoms with Gasteiger partial charge in [-0.1, -0.05) is 18.2 Å². The van der Waals surface area contributed by atoms with Crippen LogP contribution in [0.4, 0.5) is 0 Å².